The molecule has 2 N–H and O–H groups in total. The average Bonchev–Trinajstić information content (AvgIpc) is 2.35. The van der Waals surface area contributed by atoms with Gasteiger partial charge in [-0.1, -0.05) is 29.3 Å². The van der Waals surface area contributed by atoms with Crippen molar-refractivity contribution in [3.63, 3.8) is 0 Å². The maximum Gasteiger partial charge on any atom is 0.331 e. The third-order valence-corrected chi connectivity index (χ3v) is 3.06. The number of aliphatic hydroxyl groups excluding tert-OH is 1. The summed E-state index contributed by atoms with van der Waals surface area (Å²) in [5, 5.41) is 13.2. The lowest BCUT2D eigenvalue weighted by Crippen LogP contribution is -2.45. The molecule has 0 unspecified atom stereocenters. The summed E-state index contributed by atoms with van der Waals surface area (Å²) < 4.78 is 4.83. The molecule has 0 bridgehead atoms. The number of hydrogen-bond donors (Lipinski definition) is 2. The second-order valence-electron chi connectivity index (χ2n) is 4.04. The molecule has 2 atom stereocenters. The maximum absolute atomic E-state index is 11.8. The van der Waals surface area contributed by atoms with Gasteiger partial charge >= 0.3 is 5.97 Å². The Morgan fingerprint density at radius 3 is 2.55 bits per heavy atom. The molecular formula is C13H15Cl2NO4. The number of amides is 1. The Morgan fingerprint density at radius 2 is 2.05 bits per heavy atom. The van der Waals surface area contributed by atoms with Gasteiger partial charge in [-0.05, 0) is 19.1 Å². The molecule has 0 aliphatic rings. The van der Waals surface area contributed by atoms with Crippen molar-refractivity contribution in [1.29, 1.82) is 0 Å². The van der Waals surface area contributed by atoms with E-state index in [1.54, 1.807) is 6.92 Å². The van der Waals surface area contributed by atoms with Gasteiger partial charge < -0.3 is 15.2 Å². The number of nitrogens with one attached hydrogen (secondary N) is 1. The van der Waals surface area contributed by atoms with E-state index in [9.17, 15) is 14.7 Å². The van der Waals surface area contributed by atoms with Crippen molar-refractivity contribution in [2.24, 2.45) is 0 Å². The Bertz CT molecular complexity index is 507. The highest BCUT2D eigenvalue weighted by molar-refractivity contribution is 6.35. The molecule has 1 aromatic carbocycles. The predicted molar refractivity (Wildman–Crippen MR) is 75.7 cm³/mol. The van der Waals surface area contributed by atoms with E-state index in [0.717, 1.165) is 0 Å². The third-order valence-electron chi connectivity index (χ3n) is 2.50. The average molecular weight is 320 g/mol. The summed E-state index contributed by atoms with van der Waals surface area (Å²) in [4.78, 5) is 23.0. The van der Waals surface area contributed by atoms with E-state index >= 15 is 0 Å². The molecule has 0 saturated carbocycles. The summed E-state index contributed by atoms with van der Waals surface area (Å²) in [6.45, 7) is 3.00. The molecule has 1 amide bonds. The van der Waals surface area contributed by atoms with Gasteiger partial charge in [0.25, 0.3) is 0 Å². The van der Waals surface area contributed by atoms with Crippen LogP contribution >= 0.6 is 23.2 Å². The van der Waals surface area contributed by atoms with Crippen LogP contribution in [0.25, 0.3) is 0 Å². The van der Waals surface area contributed by atoms with Crippen LogP contribution in [0, 0.1) is 0 Å². The van der Waals surface area contributed by atoms with Gasteiger partial charge in [0, 0.05) is 22.5 Å². The van der Waals surface area contributed by atoms with Gasteiger partial charge in [-0.15, -0.1) is 0 Å². The molecule has 0 aliphatic carbocycles. The van der Waals surface area contributed by atoms with E-state index in [1.165, 1.54) is 25.1 Å². The van der Waals surface area contributed by atoms with E-state index in [1.807, 2.05) is 0 Å². The van der Waals surface area contributed by atoms with Crippen LogP contribution in [0.5, 0.6) is 0 Å². The Kier molecular flexibility index (Phi) is 6.26. The number of esters is 1. The van der Waals surface area contributed by atoms with Crippen molar-refractivity contribution < 1.29 is 19.4 Å². The molecular weight excluding hydrogens is 305 g/mol. The van der Waals surface area contributed by atoms with Crippen molar-refractivity contribution in [1.82, 2.24) is 5.32 Å². The lowest BCUT2D eigenvalue weighted by atomic mass is 10.0. The number of ether oxygens (including phenoxy) is 1. The van der Waals surface area contributed by atoms with Gasteiger partial charge in [-0.3, -0.25) is 4.79 Å². The Balaban J connectivity index is 3.05. The highest BCUT2D eigenvalue weighted by Crippen LogP contribution is 2.28. The van der Waals surface area contributed by atoms with Crippen molar-refractivity contribution >= 4 is 35.1 Å². The van der Waals surface area contributed by atoms with Gasteiger partial charge in [0.1, 0.15) is 6.10 Å². The van der Waals surface area contributed by atoms with Crippen LogP contribution in [0.15, 0.2) is 18.2 Å². The number of halogens is 2. The fourth-order valence-corrected chi connectivity index (χ4v) is 2.16. The summed E-state index contributed by atoms with van der Waals surface area (Å²) in [6.07, 6.45) is -1.33. The zero-order valence-electron chi connectivity index (χ0n) is 11.0. The second-order valence-corrected chi connectivity index (χ2v) is 4.88. The fraction of sp³-hybridized carbons (Fsp3) is 0.385. The van der Waals surface area contributed by atoms with Crippen LogP contribution in [0.2, 0.25) is 10.0 Å². The van der Waals surface area contributed by atoms with Crippen LogP contribution in [-0.4, -0.2) is 29.6 Å². The van der Waals surface area contributed by atoms with Gasteiger partial charge in [0.15, 0.2) is 6.04 Å². The summed E-state index contributed by atoms with van der Waals surface area (Å²) >= 11 is 11.7. The molecule has 0 fully saturated rings. The third kappa shape index (κ3) is 4.37. The second kappa shape index (κ2) is 7.47. The first-order chi connectivity index (χ1) is 9.36. The Hall–Kier alpha value is -1.30. The number of carbonyl (C=O) groups excluding carboxylic acids is 2. The molecule has 0 aliphatic heterocycles. The van der Waals surface area contributed by atoms with E-state index in [-0.39, 0.29) is 17.2 Å². The van der Waals surface area contributed by atoms with Crippen molar-refractivity contribution in [2.75, 3.05) is 6.61 Å². The molecule has 0 saturated heterocycles. The molecule has 0 radical (unpaired) electrons. The zero-order chi connectivity index (χ0) is 15.3. The van der Waals surface area contributed by atoms with Crippen LogP contribution in [-0.2, 0) is 14.3 Å². The lowest BCUT2D eigenvalue weighted by molar-refractivity contribution is -0.150. The van der Waals surface area contributed by atoms with Crippen LogP contribution in [0.4, 0.5) is 0 Å². The SMILES string of the molecule is CCOC(=O)[C@@H](NC(C)=O)[C@H](O)c1ccc(Cl)cc1Cl. The molecule has 0 aromatic heterocycles. The predicted octanol–water partition coefficient (Wildman–Crippen LogP) is 2.09. The number of benzene rings is 1. The first-order valence-electron chi connectivity index (χ1n) is 5.93. The van der Waals surface area contributed by atoms with Gasteiger partial charge in [-0.2, -0.15) is 0 Å². The number of rotatable bonds is 5. The van der Waals surface area contributed by atoms with Crippen molar-refractivity contribution in [3.8, 4) is 0 Å². The minimum absolute atomic E-state index is 0.135. The normalized spacial score (nSPS) is 13.4. The highest BCUT2D eigenvalue weighted by atomic mass is 35.5. The number of hydrogen-bond acceptors (Lipinski definition) is 4. The molecule has 0 heterocycles. The highest BCUT2D eigenvalue weighted by Gasteiger charge is 2.31. The van der Waals surface area contributed by atoms with E-state index in [4.69, 9.17) is 27.9 Å². The zero-order valence-corrected chi connectivity index (χ0v) is 12.5. The van der Waals surface area contributed by atoms with Crippen LogP contribution in [0.1, 0.15) is 25.5 Å². The molecule has 0 spiro atoms. The summed E-state index contributed by atoms with van der Waals surface area (Å²) in [5.74, 6) is -1.20. The van der Waals surface area contributed by atoms with E-state index < -0.39 is 24.0 Å². The molecule has 5 nitrogen and oxygen atoms in total. The first kappa shape index (κ1) is 16.8. The maximum atomic E-state index is 11.8. The molecule has 110 valence electrons. The first-order valence-corrected chi connectivity index (χ1v) is 6.69. The topological polar surface area (TPSA) is 75.6 Å². The minimum Gasteiger partial charge on any atom is -0.464 e. The molecule has 7 heteroatoms. The molecule has 1 rings (SSSR count). The lowest BCUT2D eigenvalue weighted by Gasteiger charge is -2.23. The monoisotopic (exact) mass is 319 g/mol. The summed E-state index contributed by atoms with van der Waals surface area (Å²) in [7, 11) is 0. The Labute approximate surface area is 126 Å². The Morgan fingerprint density at radius 1 is 1.40 bits per heavy atom. The van der Waals surface area contributed by atoms with Gasteiger partial charge in [0.2, 0.25) is 5.91 Å². The smallest absolute Gasteiger partial charge is 0.331 e. The van der Waals surface area contributed by atoms with Crippen molar-refractivity contribution in [2.45, 2.75) is 26.0 Å². The van der Waals surface area contributed by atoms with Crippen LogP contribution in [0.3, 0.4) is 0 Å². The van der Waals surface area contributed by atoms with E-state index in [0.29, 0.717) is 5.02 Å². The summed E-state index contributed by atoms with van der Waals surface area (Å²) in [5.41, 5.74) is 0.280. The molecule has 1 aromatic rings. The largest absolute Gasteiger partial charge is 0.464 e. The quantitative estimate of drug-likeness (QED) is 0.815. The van der Waals surface area contributed by atoms with Crippen molar-refractivity contribution in [3.05, 3.63) is 33.8 Å². The summed E-state index contributed by atoms with van der Waals surface area (Å²) in [6, 6.07) is 3.23. The molecule has 20 heavy (non-hydrogen) atoms. The minimum atomic E-state index is -1.33. The number of carbonyl (C=O) groups is 2. The van der Waals surface area contributed by atoms with Gasteiger partial charge in [-0.25, -0.2) is 4.79 Å². The standard InChI is InChI=1S/C13H15Cl2NO4/c1-3-20-13(19)11(16-7(2)17)12(18)9-5-4-8(14)6-10(9)15/h4-6,11-12,18H,3H2,1-2H3,(H,16,17)/t11-,12+/m0/s1. The fourth-order valence-electron chi connectivity index (χ4n) is 1.64. The van der Waals surface area contributed by atoms with Gasteiger partial charge in [0.05, 0.1) is 6.61 Å². The number of aliphatic hydroxyl groups is 1. The van der Waals surface area contributed by atoms with Crippen LogP contribution < -0.4 is 5.32 Å². The van der Waals surface area contributed by atoms with E-state index in [2.05, 4.69) is 5.32 Å².